The van der Waals surface area contributed by atoms with Gasteiger partial charge in [-0.2, -0.15) is 8.75 Å². The molecular weight excluding hydrogens is 257 g/mol. The number of rotatable bonds is 1. The third-order valence-electron chi connectivity index (χ3n) is 2.62. The van der Waals surface area contributed by atoms with Crippen LogP contribution in [0, 0.1) is 5.82 Å². The number of hydrogen-bond acceptors (Lipinski definition) is 5. The summed E-state index contributed by atoms with van der Waals surface area (Å²) in [4.78, 5) is 13.5. The molecule has 0 saturated carbocycles. The molecular formula is C11H8FN3O2S. The molecule has 0 bridgehead atoms. The van der Waals surface area contributed by atoms with E-state index in [1.54, 1.807) is 12.1 Å². The lowest BCUT2D eigenvalue weighted by Crippen LogP contribution is -2.38. The minimum Gasteiger partial charge on any atom is -0.489 e. The topological polar surface area (TPSA) is 55.3 Å². The zero-order valence-corrected chi connectivity index (χ0v) is 9.98. The van der Waals surface area contributed by atoms with E-state index in [-0.39, 0.29) is 17.3 Å². The van der Waals surface area contributed by atoms with Gasteiger partial charge in [0, 0.05) is 0 Å². The Bertz CT molecular complexity index is 588. The van der Waals surface area contributed by atoms with Crippen molar-refractivity contribution in [3.05, 3.63) is 35.9 Å². The molecule has 1 aromatic heterocycles. The quantitative estimate of drug-likeness (QED) is 0.787. The van der Waals surface area contributed by atoms with Gasteiger partial charge in [0.05, 0.1) is 24.5 Å². The summed E-state index contributed by atoms with van der Waals surface area (Å²) in [5.74, 6) is -0.472. The SMILES string of the molecule is O=C(c1cnsn1)N1CCOc2cccc(F)c21. The highest BCUT2D eigenvalue weighted by atomic mass is 32.1. The van der Waals surface area contributed by atoms with Crippen LogP contribution in [0.1, 0.15) is 10.5 Å². The molecule has 0 spiro atoms. The van der Waals surface area contributed by atoms with Crippen molar-refractivity contribution < 1.29 is 13.9 Å². The smallest absolute Gasteiger partial charge is 0.279 e. The van der Waals surface area contributed by atoms with E-state index in [1.807, 2.05) is 0 Å². The van der Waals surface area contributed by atoms with Crippen LogP contribution in [0.25, 0.3) is 0 Å². The third kappa shape index (κ3) is 1.72. The Morgan fingerprint density at radius 2 is 2.39 bits per heavy atom. The van der Waals surface area contributed by atoms with Gasteiger partial charge in [0.2, 0.25) is 0 Å². The van der Waals surface area contributed by atoms with Gasteiger partial charge in [-0.25, -0.2) is 4.39 Å². The molecule has 0 fully saturated rings. The zero-order valence-electron chi connectivity index (χ0n) is 9.17. The molecule has 0 radical (unpaired) electrons. The predicted octanol–water partition coefficient (Wildman–Crippen LogP) is 1.72. The van der Waals surface area contributed by atoms with Gasteiger partial charge in [-0.3, -0.25) is 9.69 Å². The van der Waals surface area contributed by atoms with E-state index in [2.05, 4.69) is 8.75 Å². The molecule has 92 valence electrons. The lowest BCUT2D eigenvalue weighted by molar-refractivity contribution is 0.0971. The van der Waals surface area contributed by atoms with Crippen molar-refractivity contribution in [2.24, 2.45) is 0 Å². The van der Waals surface area contributed by atoms with Gasteiger partial charge in [-0.15, -0.1) is 0 Å². The molecule has 0 unspecified atom stereocenters. The Labute approximate surface area is 106 Å². The van der Waals surface area contributed by atoms with E-state index >= 15 is 0 Å². The van der Waals surface area contributed by atoms with Crippen LogP contribution >= 0.6 is 11.7 Å². The van der Waals surface area contributed by atoms with Gasteiger partial charge in [0.25, 0.3) is 5.91 Å². The second-order valence-corrected chi connectivity index (χ2v) is 4.24. The number of hydrogen-bond donors (Lipinski definition) is 0. The molecule has 0 aliphatic carbocycles. The number of carbonyl (C=O) groups is 1. The Kier molecular flexibility index (Phi) is 2.67. The molecule has 0 saturated heterocycles. The molecule has 2 aromatic rings. The van der Waals surface area contributed by atoms with Gasteiger partial charge in [-0.05, 0) is 12.1 Å². The van der Waals surface area contributed by atoms with E-state index in [4.69, 9.17) is 4.74 Å². The summed E-state index contributed by atoms with van der Waals surface area (Å²) in [6, 6.07) is 4.48. The Morgan fingerprint density at radius 1 is 1.50 bits per heavy atom. The maximum absolute atomic E-state index is 13.8. The normalized spacial score (nSPS) is 13.9. The largest absolute Gasteiger partial charge is 0.489 e. The molecule has 3 rings (SSSR count). The fourth-order valence-corrected chi connectivity index (χ4v) is 2.24. The molecule has 1 aromatic carbocycles. The number of amides is 1. The van der Waals surface area contributed by atoms with Crippen LogP contribution in [0.3, 0.4) is 0 Å². The summed E-state index contributed by atoms with van der Waals surface area (Å²) in [5.41, 5.74) is 0.387. The number of aromatic nitrogens is 2. The summed E-state index contributed by atoms with van der Waals surface area (Å²) >= 11 is 0.945. The van der Waals surface area contributed by atoms with E-state index in [9.17, 15) is 9.18 Å². The highest BCUT2D eigenvalue weighted by Gasteiger charge is 2.28. The summed E-state index contributed by atoms with van der Waals surface area (Å²) in [7, 11) is 0. The second-order valence-electron chi connectivity index (χ2n) is 3.68. The molecule has 1 amide bonds. The number of benzene rings is 1. The first-order valence-corrected chi connectivity index (χ1v) is 6.01. The van der Waals surface area contributed by atoms with Crippen LogP contribution < -0.4 is 9.64 Å². The maximum atomic E-state index is 13.8. The highest BCUT2D eigenvalue weighted by molar-refractivity contribution is 6.99. The van der Waals surface area contributed by atoms with Gasteiger partial charge >= 0.3 is 0 Å². The van der Waals surface area contributed by atoms with Gasteiger partial charge < -0.3 is 4.74 Å². The van der Waals surface area contributed by atoms with Gasteiger partial charge in [0.1, 0.15) is 18.0 Å². The van der Waals surface area contributed by atoms with Crippen LogP contribution in [0.4, 0.5) is 10.1 Å². The molecule has 0 N–H and O–H groups in total. The number of anilines is 1. The first-order valence-electron chi connectivity index (χ1n) is 5.28. The first-order chi connectivity index (χ1) is 8.77. The summed E-state index contributed by atoms with van der Waals surface area (Å²) in [6.07, 6.45) is 1.38. The number of ether oxygens (including phenoxy) is 1. The Hall–Kier alpha value is -2.02. The number of nitrogens with zero attached hydrogens (tertiary/aromatic N) is 3. The van der Waals surface area contributed by atoms with Gasteiger partial charge in [-0.1, -0.05) is 6.07 Å². The fraction of sp³-hybridized carbons (Fsp3) is 0.182. The van der Waals surface area contributed by atoms with E-state index in [0.29, 0.717) is 18.9 Å². The van der Waals surface area contributed by atoms with Gasteiger partial charge in [0.15, 0.2) is 11.5 Å². The molecule has 0 atom stereocenters. The number of fused-ring (bicyclic) bond motifs is 1. The van der Waals surface area contributed by atoms with Crippen LogP contribution in [0.15, 0.2) is 24.4 Å². The molecule has 1 aliphatic rings. The summed E-state index contributed by atoms with van der Waals surface area (Å²) in [5, 5.41) is 0. The van der Waals surface area contributed by atoms with Crippen molar-refractivity contribution in [1.82, 2.24) is 8.75 Å². The lowest BCUT2D eigenvalue weighted by Gasteiger charge is -2.29. The monoisotopic (exact) mass is 265 g/mol. The molecule has 1 aliphatic heterocycles. The van der Waals surface area contributed by atoms with E-state index in [0.717, 1.165) is 11.7 Å². The van der Waals surface area contributed by atoms with Crippen molar-refractivity contribution in [3.63, 3.8) is 0 Å². The average Bonchev–Trinajstić information content (AvgIpc) is 2.91. The third-order valence-corrected chi connectivity index (χ3v) is 3.10. The molecule has 2 heterocycles. The van der Waals surface area contributed by atoms with Crippen molar-refractivity contribution >= 4 is 23.3 Å². The fourth-order valence-electron chi connectivity index (χ4n) is 1.83. The molecule has 5 nitrogen and oxygen atoms in total. The van der Waals surface area contributed by atoms with Crippen LogP contribution in [0.2, 0.25) is 0 Å². The average molecular weight is 265 g/mol. The number of carbonyl (C=O) groups excluding carboxylic acids is 1. The zero-order chi connectivity index (χ0) is 12.5. The minimum atomic E-state index is -0.483. The Balaban J connectivity index is 2.04. The maximum Gasteiger partial charge on any atom is 0.279 e. The van der Waals surface area contributed by atoms with E-state index in [1.165, 1.54) is 17.2 Å². The highest BCUT2D eigenvalue weighted by Crippen LogP contribution is 2.34. The second kappa shape index (κ2) is 4.34. The van der Waals surface area contributed by atoms with Crippen molar-refractivity contribution in [2.75, 3.05) is 18.1 Å². The van der Waals surface area contributed by atoms with Crippen LogP contribution in [-0.4, -0.2) is 27.8 Å². The first kappa shape index (κ1) is 11.1. The predicted molar refractivity (Wildman–Crippen MR) is 63.5 cm³/mol. The van der Waals surface area contributed by atoms with Crippen LogP contribution in [0.5, 0.6) is 5.75 Å². The van der Waals surface area contributed by atoms with Crippen molar-refractivity contribution in [3.8, 4) is 5.75 Å². The Morgan fingerprint density at radius 3 is 3.17 bits per heavy atom. The molecule has 18 heavy (non-hydrogen) atoms. The minimum absolute atomic E-state index is 0.168. The number of halogens is 1. The summed E-state index contributed by atoms with van der Waals surface area (Å²) < 4.78 is 26.8. The standard InChI is InChI=1S/C11H8FN3O2S/c12-7-2-1-3-9-10(7)15(4-5-17-9)11(16)8-6-13-18-14-8/h1-3,6H,4-5H2. The summed E-state index contributed by atoms with van der Waals surface area (Å²) in [6.45, 7) is 0.629. The molecule has 7 heteroatoms. The van der Waals surface area contributed by atoms with Crippen molar-refractivity contribution in [2.45, 2.75) is 0 Å². The lowest BCUT2D eigenvalue weighted by atomic mass is 10.2. The van der Waals surface area contributed by atoms with Crippen LogP contribution in [-0.2, 0) is 0 Å². The van der Waals surface area contributed by atoms with E-state index < -0.39 is 5.82 Å². The number of para-hydroxylation sites is 1. The van der Waals surface area contributed by atoms with Crippen molar-refractivity contribution in [1.29, 1.82) is 0 Å².